The van der Waals surface area contributed by atoms with Crippen LogP contribution in [0.25, 0.3) is 0 Å². The van der Waals surface area contributed by atoms with Crippen LogP contribution in [0.15, 0.2) is 35.9 Å². The summed E-state index contributed by atoms with van der Waals surface area (Å²) in [6.45, 7) is 0.932. The van der Waals surface area contributed by atoms with Crippen molar-refractivity contribution >= 4 is 27.4 Å². The van der Waals surface area contributed by atoms with E-state index in [1.54, 1.807) is 31.2 Å². The number of aliphatic hydroxyl groups excluding tert-OH is 2. The van der Waals surface area contributed by atoms with Crippen LogP contribution in [0, 0.1) is 0 Å². The number of carbonyl (C=O) groups excluding carboxylic acids is 1. The molecule has 166 valence electrons. The van der Waals surface area contributed by atoms with Crippen molar-refractivity contribution in [1.29, 1.82) is 0 Å². The summed E-state index contributed by atoms with van der Waals surface area (Å²) in [6.07, 6.45) is -0.0391. The zero-order chi connectivity index (χ0) is 21.9. The predicted molar refractivity (Wildman–Crippen MR) is 108 cm³/mol. The first-order valence-corrected chi connectivity index (χ1v) is 11.8. The molecule has 8 nitrogen and oxygen atoms in total. The molecule has 3 atom stereocenters. The van der Waals surface area contributed by atoms with Gasteiger partial charge in [-0.05, 0) is 37.1 Å². The van der Waals surface area contributed by atoms with Crippen molar-refractivity contribution in [2.45, 2.75) is 48.8 Å². The van der Waals surface area contributed by atoms with Crippen LogP contribution in [-0.2, 0) is 34.6 Å². The smallest absolute Gasteiger partial charge is 0.335 e. The summed E-state index contributed by atoms with van der Waals surface area (Å²) in [4.78, 5) is 12.6. The van der Waals surface area contributed by atoms with Crippen LogP contribution >= 0.6 is 11.6 Å². The molecule has 1 aliphatic heterocycles. The van der Waals surface area contributed by atoms with E-state index in [2.05, 4.69) is 0 Å². The Kier molecular flexibility index (Phi) is 7.21. The minimum absolute atomic E-state index is 0.0594. The number of benzene rings is 1. The van der Waals surface area contributed by atoms with Crippen molar-refractivity contribution in [3.63, 3.8) is 0 Å². The van der Waals surface area contributed by atoms with Gasteiger partial charge in [-0.1, -0.05) is 23.7 Å². The molecule has 0 bridgehead atoms. The third-order valence-corrected chi connectivity index (χ3v) is 7.48. The van der Waals surface area contributed by atoms with Gasteiger partial charge in [0, 0.05) is 11.4 Å². The van der Waals surface area contributed by atoms with E-state index in [0.717, 1.165) is 0 Å². The highest BCUT2D eigenvalue weighted by molar-refractivity contribution is 7.91. The normalized spacial score (nSPS) is 25.9. The molecular weight excluding hydrogens is 436 g/mol. The van der Waals surface area contributed by atoms with E-state index in [9.17, 15) is 23.4 Å². The van der Waals surface area contributed by atoms with E-state index in [1.807, 2.05) is 0 Å². The van der Waals surface area contributed by atoms with Crippen molar-refractivity contribution < 1.29 is 37.6 Å². The number of esters is 1. The van der Waals surface area contributed by atoms with Crippen LogP contribution in [0.3, 0.4) is 0 Å². The molecule has 2 aliphatic rings. The highest BCUT2D eigenvalue weighted by Crippen LogP contribution is 2.41. The second-order valence-electron chi connectivity index (χ2n) is 7.27. The Labute approximate surface area is 180 Å². The molecule has 0 amide bonds. The number of halogens is 1. The molecule has 2 N–H and O–H groups in total. The molecule has 30 heavy (non-hydrogen) atoms. The van der Waals surface area contributed by atoms with Gasteiger partial charge in [-0.3, -0.25) is 0 Å². The summed E-state index contributed by atoms with van der Waals surface area (Å²) in [7, 11) is -3.79. The van der Waals surface area contributed by atoms with Crippen LogP contribution in [-0.4, -0.2) is 67.7 Å². The highest BCUT2D eigenvalue weighted by Gasteiger charge is 2.51. The fourth-order valence-corrected chi connectivity index (χ4v) is 5.90. The minimum atomic E-state index is -3.79. The number of carbonyl (C=O) groups is 1. The molecule has 0 saturated carbocycles. The molecule has 1 aromatic rings. The van der Waals surface area contributed by atoms with Crippen molar-refractivity contribution in [3.05, 3.63) is 46.5 Å². The molecule has 3 rings (SSSR count). The van der Waals surface area contributed by atoms with Gasteiger partial charge in [0.15, 0.2) is 15.6 Å². The Morgan fingerprint density at radius 3 is 2.50 bits per heavy atom. The number of rotatable bonds is 7. The lowest BCUT2D eigenvalue weighted by molar-refractivity contribution is -0.154. The van der Waals surface area contributed by atoms with Gasteiger partial charge in [-0.15, -0.1) is 0 Å². The fraction of sp³-hybridized carbons (Fsp3) is 0.550. The summed E-state index contributed by atoms with van der Waals surface area (Å²) >= 11 is 5.96. The summed E-state index contributed by atoms with van der Waals surface area (Å²) in [5, 5.41) is 18.3. The van der Waals surface area contributed by atoms with Gasteiger partial charge in [0.25, 0.3) is 0 Å². The Hall–Kier alpha value is -1.49. The first-order chi connectivity index (χ1) is 14.2. The van der Waals surface area contributed by atoms with Gasteiger partial charge >= 0.3 is 5.97 Å². The lowest BCUT2D eigenvalue weighted by Crippen LogP contribution is -2.41. The lowest BCUT2D eigenvalue weighted by atomic mass is 9.94. The van der Waals surface area contributed by atoms with E-state index in [-0.39, 0.29) is 44.0 Å². The molecule has 10 heteroatoms. The SMILES string of the molecule is CCOC(=O)C1=CC2(CC[C@H]1S(=O)(=O)Cc1cccc(Cl)c1)O[C@H](CO)[C@@H](CO)O2. The van der Waals surface area contributed by atoms with Crippen molar-refractivity contribution in [2.75, 3.05) is 19.8 Å². The Bertz CT molecular complexity index is 901. The van der Waals surface area contributed by atoms with E-state index in [1.165, 1.54) is 6.08 Å². The Balaban J connectivity index is 1.94. The molecule has 0 radical (unpaired) electrons. The molecule has 1 aromatic carbocycles. The lowest BCUT2D eigenvalue weighted by Gasteiger charge is -2.33. The molecule has 1 saturated heterocycles. The number of sulfone groups is 1. The molecule has 1 heterocycles. The quantitative estimate of drug-likeness (QED) is 0.585. The number of ether oxygens (including phenoxy) is 3. The van der Waals surface area contributed by atoms with E-state index < -0.39 is 39.1 Å². The van der Waals surface area contributed by atoms with Crippen molar-refractivity contribution in [1.82, 2.24) is 0 Å². The van der Waals surface area contributed by atoms with Crippen molar-refractivity contribution in [2.24, 2.45) is 0 Å². The first kappa shape index (κ1) is 23.2. The largest absolute Gasteiger partial charge is 0.463 e. The average molecular weight is 461 g/mol. The third kappa shape index (κ3) is 4.87. The van der Waals surface area contributed by atoms with Gasteiger partial charge in [0.05, 0.1) is 36.4 Å². The molecule has 0 aromatic heterocycles. The zero-order valence-electron chi connectivity index (χ0n) is 16.5. The summed E-state index contributed by atoms with van der Waals surface area (Å²) in [6, 6.07) is 6.53. The van der Waals surface area contributed by atoms with Crippen LogP contribution in [0.5, 0.6) is 0 Å². The number of aliphatic hydroxyl groups is 2. The molecule has 1 aliphatic carbocycles. The Morgan fingerprint density at radius 1 is 1.27 bits per heavy atom. The van der Waals surface area contributed by atoms with Crippen LogP contribution in [0.4, 0.5) is 0 Å². The minimum Gasteiger partial charge on any atom is -0.463 e. The molecule has 1 fully saturated rings. The summed E-state index contributed by atoms with van der Waals surface area (Å²) in [5.41, 5.74) is 0.445. The summed E-state index contributed by atoms with van der Waals surface area (Å²) in [5.74, 6) is -2.45. The number of hydrogen-bond acceptors (Lipinski definition) is 8. The van der Waals surface area contributed by atoms with Crippen molar-refractivity contribution in [3.8, 4) is 0 Å². The van der Waals surface area contributed by atoms with Gasteiger partial charge in [-0.25, -0.2) is 13.2 Å². The number of hydrogen-bond donors (Lipinski definition) is 2. The second-order valence-corrected chi connectivity index (χ2v) is 9.89. The second kappa shape index (κ2) is 9.33. The van der Waals surface area contributed by atoms with E-state index in [4.69, 9.17) is 25.8 Å². The zero-order valence-corrected chi connectivity index (χ0v) is 18.1. The maximum absolute atomic E-state index is 13.2. The van der Waals surface area contributed by atoms with E-state index >= 15 is 0 Å². The first-order valence-electron chi connectivity index (χ1n) is 9.67. The third-order valence-electron chi connectivity index (χ3n) is 5.16. The Morgan fingerprint density at radius 2 is 1.93 bits per heavy atom. The predicted octanol–water partition coefficient (Wildman–Crippen LogP) is 1.37. The average Bonchev–Trinajstić information content (AvgIpc) is 3.04. The van der Waals surface area contributed by atoms with Gasteiger partial charge in [-0.2, -0.15) is 0 Å². The molecule has 1 spiro atoms. The fourth-order valence-electron chi connectivity index (χ4n) is 3.81. The van der Waals surface area contributed by atoms with Crippen LogP contribution in [0.1, 0.15) is 25.3 Å². The standard InChI is InChI=1S/C20H25ClO8S/c1-2-27-19(24)15-9-20(28-16(10-22)17(11-23)29-20)7-6-18(15)30(25,26)12-13-4-3-5-14(21)8-13/h3-5,8-9,16-18,22-23H,2,6-7,10-12H2,1H3/t16-,17-,18-/m1/s1. The van der Waals surface area contributed by atoms with Crippen LogP contribution < -0.4 is 0 Å². The van der Waals surface area contributed by atoms with Gasteiger partial charge in [0.2, 0.25) is 0 Å². The molecular formula is C20H25ClO8S. The summed E-state index contributed by atoms with van der Waals surface area (Å²) < 4.78 is 43.0. The van der Waals surface area contributed by atoms with Gasteiger partial charge < -0.3 is 24.4 Å². The topological polar surface area (TPSA) is 119 Å². The maximum atomic E-state index is 13.2. The molecule has 0 unspecified atom stereocenters. The monoisotopic (exact) mass is 460 g/mol. The van der Waals surface area contributed by atoms with Crippen LogP contribution in [0.2, 0.25) is 5.02 Å². The van der Waals surface area contributed by atoms with E-state index in [0.29, 0.717) is 10.6 Å². The maximum Gasteiger partial charge on any atom is 0.335 e. The van der Waals surface area contributed by atoms with Gasteiger partial charge in [0.1, 0.15) is 12.2 Å². The highest BCUT2D eigenvalue weighted by atomic mass is 35.5.